The summed E-state index contributed by atoms with van der Waals surface area (Å²) in [5, 5.41) is 0. The fraction of sp³-hybridized carbons (Fsp3) is 0.550. The lowest BCUT2D eigenvalue weighted by Gasteiger charge is -2.40. The Balaban J connectivity index is 1.80. The van der Waals surface area contributed by atoms with Crippen LogP contribution in [0, 0.1) is 17.3 Å². The van der Waals surface area contributed by atoms with E-state index < -0.39 is 0 Å². The average molecular weight is 280 g/mol. The first-order valence-electron chi connectivity index (χ1n) is 8.23. The zero-order valence-electron chi connectivity index (χ0n) is 13.3. The van der Waals surface area contributed by atoms with E-state index in [1.807, 2.05) is 0 Å². The van der Waals surface area contributed by atoms with E-state index in [2.05, 4.69) is 51.1 Å². The molecule has 0 heterocycles. The summed E-state index contributed by atoms with van der Waals surface area (Å²) < 4.78 is 0. The Labute approximate surface area is 127 Å². The summed E-state index contributed by atoms with van der Waals surface area (Å²) >= 11 is 0. The third-order valence-electron chi connectivity index (χ3n) is 5.99. The van der Waals surface area contributed by atoms with Crippen LogP contribution < -0.4 is 0 Å². The first-order chi connectivity index (χ1) is 9.90. The monoisotopic (exact) mass is 280 g/mol. The number of ketones is 1. The van der Waals surface area contributed by atoms with Crippen molar-refractivity contribution in [3.05, 3.63) is 47.0 Å². The van der Waals surface area contributed by atoms with E-state index in [0.717, 1.165) is 12.8 Å². The maximum Gasteiger partial charge on any atom is 0.144 e. The van der Waals surface area contributed by atoms with Crippen molar-refractivity contribution in [2.75, 3.05) is 0 Å². The van der Waals surface area contributed by atoms with Crippen molar-refractivity contribution in [3.8, 4) is 0 Å². The highest BCUT2D eigenvalue weighted by Gasteiger charge is 2.54. The second-order valence-electron chi connectivity index (χ2n) is 8.32. The molecule has 1 nitrogen and oxygen atoms in total. The number of rotatable bonds is 0. The normalized spacial score (nSPS) is 33.8. The van der Waals surface area contributed by atoms with E-state index in [9.17, 15) is 4.79 Å². The van der Waals surface area contributed by atoms with Crippen LogP contribution in [0.1, 0.15) is 50.3 Å². The van der Waals surface area contributed by atoms with Crippen LogP contribution in [0.5, 0.6) is 0 Å². The van der Waals surface area contributed by atoms with Crippen molar-refractivity contribution in [1.82, 2.24) is 0 Å². The van der Waals surface area contributed by atoms with Gasteiger partial charge in [-0.1, -0.05) is 51.1 Å². The number of carbonyl (C=O) groups is 1. The molecular formula is C20H24O. The van der Waals surface area contributed by atoms with Gasteiger partial charge in [0, 0.05) is 11.8 Å². The molecule has 2 bridgehead atoms. The van der Waals surface area contributed by atoms with Crippen molar-refractivity contribution in [2.24, 2.45) is 17.3 Å². The number of hydrogen-bond acceptors (Lipinski definition) is 1. The van der Waals surface area contributed by atoms with Gasteiger partial charge < -0.3 is 0 Å². The smallest absolute Gasteiger partial charge is 0.144 e. The van der Waals surface area contributed by atoms with Gasteiger partial charge in [0.25, 0.3) is 0 Å². The molecule has 0 amide bonds. The second-order valence-corrected chi connectivity index (χ2v) is 8.32. The quantitative estimate of drug-likeness (QED) is 0.650. The van der Waals surface area contributed by atoms with E-state index in [4.69, 9.17) is 0 Å². The average Bonchev–Trinajstić information content (AvgIpc) is 2.99. The minimum atomic E-state index is -0.0665. The predicted octanol–water partition coefficient (Wildman–Crippen LogP) is 4.23. The van der Waals surface area contributed by atoms with Gasteiger partial charge in [-0.05, 0) is 53.2 Å². The number of allylic oxidation sites excluding steroid dienone is 2. The molecule has 1 spiro atoms. The van der Waals surface area contributed by atoms with Crippen LogP contribution >= 0.6 is 0 Å². The number of hydrogen-bond donors (Lipinski definition) is 0. The number of Topliss-reactive ketones (excluding diaryl/α,β-unsaturated/α-hetero) is 1. The summed E-state index contributed by atoms with van der Waals surface area (Å²) in [7, 11) is 0. The topological polar surface area (TPSA) is 17.1 Å². The highest BCUT2D eigenvalue weighted by molar-refractivity contribution is 5.91. The first-order valence-corrected chi connectivity index (χ1v) is 8.23. The Hall–Kier alpha value is -1.37. The molecule has 1 fully saturated rings. The summed E-state index contributed by atoms with van der Waals surface area (Å²) in [6.07, 6.45) is 8.58. The summed E-state index contributed by atoms with van der Waals surface area (Å²) in [6.45, 7) is 6.74. The van der Waals surface area contributed by atoms with Crippen LogP contribution in [-0.2, 0) is 23.1 Å². The molecule has 110 valence electrons. The van der Waals surface area contributed by atoms with Gasteiger partial charge in [-0.25, -0.2) is 0 Å². The van der Waals surface area contributed by atoms with Gasteiger partial charge >= 0.3 is 0 Å². The fourth-order valence-corrected chi connectivity index (χ4v) is 4.97. The van der Waals surface area contributed by atoms with Crippen LogP contribution in [0.3, 0.4) is 0 Å². The van der Waals surface area contributed by atoms with E-state index in [1.165, 1.54) is 23.1 Å². The molecule has 1 saturated carbocycles. The Bertz CT molecular complexity index is 646. The highest BCUT2D eigenvalue weighted by atomic mass is 16.1. The summed E-state index contributed by atoms with van der Waals surface area (Å²) in [4.78, 5) is 13.0. The van der Waals surface area contributed by atoms with Crippen molar-refractivity contribution >= 4 is 5.78 Å². The summed E-state index contributed by atoms with van der Waals surface area (Å²) in [5.74, 6) is 1.66. The maximum atomic E-state index is 13.0. The van der Waals surface area contributed by atoms with E-state index in [-0.39, 0.29) is 10.8 Å². The third kappa shape index (κ3) is 1.79. The van der Waals surface area contributed by atoms with Crippen LogP contribution in [-0.4, -0.2) is 5.78 Å². The van der Waals surface area contributed by atoms with Crippen LogP contribution in [0.15, 0.2) is 30.4 Å². The zero-order valence-corrected chi connectivity index (χ0v) is 13.3. The maximum absolute atomic E-state index is 13.0. The molecule has 4 rings (SSSR count). The molecule has 3 aliphatic carbocycles. The largest absolute Gasteiger partial charge is 0.299 e. The summed E-state index contributed by atoms with van der Waals surface area (Å²) in [6, 6.07) is 6.66. The lowest BCUT2D eigenvalue weighted by atomic mass is 9.62. The Morgan fingerprint density at radius 2 is 2.00 bits per heavy atom. The van der Waals surface area contributed by atoms with Gasteiger partial charge in [-0.2, -0.15) is 0 Å². The van der Waals surface area contributed by atoms with Crippen LogP contribution in [0.2, 0.25) is 0 Å². The Morgan fingerprint density at radius 3 is 2.62 bits per heavy atom. The van der Waals surface area contributed by atoms with E-state index >= 15 is 0 Å². The SMILES string of the molecule is CC(C)(C)c1cccc2c1CC(=O)C1(C2)CC2C=CC1C2. The molecular weight excluding hydrogens is 256 g/mol. The molecule has 1 aromatic carbocycles. The fourth-order valence-electron chi connectivity index (χ4n) is 4.97. The lowest BCUT2D eigenvalue weighted by molar-refractivity contribution is -0.130. The minimum absolute atomic E-state index is 0.0665. The van der Waals surface area contributed by atoms with Gasteiger partial charge in [0.1, 0.15) is 5.78 Å². The van der Waals surface area contributed by atoms with Crippen molar-refractivity contribution < 1.29 is 4.79 Å². The summed E-state index contributed by atoms with van der Waals surface area (Å²) in [5.41, 5.74) is 4.17. The Morgan fingerprint density at radius 1 is 1.19 bits per heavy atom. The number of carbonyl (C=O) groups excluding carboxylic acids is 1. The van der Waals surface area contributed by atoms with Crippen molar-refractivity contribution in [3.63, 3.8) is 0 Å². The minimum Gasteiger partial charge on any atom is -0.299 e. The van der Waals surface area contributed by atoms with Crippen molar-refractivity contribution in [1.29, 1.82) is 0 Å². The third-order valence-corrected chi connectivity index (χ3v) is 5.99. The van der Waals surface area contributed by atoms with Gasteiger partial charge in [0.15, 0.2) is 0 Å². The van der Waals surface area contributed by atoms with Gasteiger partial charge in [-0.3, -0.25) is 4.79 Å². The first kappa shape index (κ1) is 13.3. The molecule has 3 atom stereocenters. The molecule has 3 aliphatic rings. The van der Waals surface area contributed by atoms with Crippen molar-refractivity contribution in [2.45, 2.75) is 51.9 Å². The number of fused-ring (bicyclic) bond motifs is 4. The molecule has 3 unspecified atom stereocenters. The lowest BCUT2D eigenvalue weighted by Crippen LogP contribution is -2.42. The van der Waals surface area contributed by atoms with Crippen LogP contribution in [0.4, 0.5) is 0 Å². The zero-order chi connectivity index (χ0) is 14.8. The molecule has 0 saturated heterocycles. The van der Waals surface area contributed by atoms with E-state index in [1.54, 1.807) is 0 Å². The standard InChI is InChI=1S/C20H24O/c1-19(2,3)17-6-4-5-14-12-20(18(21)10-16(14)17)11-13-7-8-15(20)9-13/h4-8,13,15H,9-12H2,1-3H3. The van der Waals surface area contributed by atoms with Gasteiger partial charge in [0.05, 0.1) is 0 Å². The predicted molar refractivity (Wildman–Crippen MR) is 85.3 cm³/mol. The molecule has 1 aromatic rings. The molecule has 1 heteroatoms. The van der Waals surface area contributed by atoms with E-state index in [0.29, 0.717) is 24.0 Å². The molecule has 21 heavy (non-hydrogen) atoms. The van der Waals surface area contributed by atoms with Gasteiger partial charge in [0.2, 0.25) is 0 Å². The second kappa shape index (κ2) is 4.09. The molecule has 0 aromatic heterocycles. The molecule has 0 aliphatic heterocycles. The molecule has 0 N–H and O–H groups in total. The molecule has 0 radical (unpaired) electrons. The van der Waals surface area contributed by atoms with Gasteiger partial charge in [-0.15, -0.1) is 0 Å². The highest BCUT2D eigenvalue weighted by Crippen LogP contribution is 2.56. The van der Waals surface area contributed by atoms with Crippen LogP contribution in [0.25, 0.3) is 0 Å². The Kier molecular flexibility index (Phi) is 2.59. The number of benzene rings is 1.